The Morgan fingerprint density at radius 2 is 2.27 bits per heavy atom. The number of aliphatic carboxylic acids is 1. The lowest BCUT2D eigenvalue weighted by Crippen LogP contribution is -2.23. The monoisotopic (exact) mass is 212 g/mol. The van der Waals surface area contributed by atoms with Gasteiger partial charge in [-0.15, -0.1) is 5.10 Å². The molecule has 15 heavy (non-hydrogen) atoms. The summed E-state index contributed by atoms with van der Waals surface area (Å²) < 4.78 is 1.75. The first-order valence-electron chi connectivity index (χ1n) is 4.74. The number of carboxylic acids is 1. The number of aromatic nitrogens is 3. The molecule has 6 heteroatoms. The number of carbonyl (C=O) groups is 1. The Hall–Kier alpha value is -1.43. The molecule has 0 aromatic carbocycles. The molecule has 0 aliphatic carbocycles. The number of carboxylic acid groups (broad SMARTS) is 1. The molecule has 0 fully saturated rings. The van der Waals surface area contributed by atoms with E-state index in [0.717, 1.165) is 5.69 Å². The third-order valence-electron chi connectivity index (χ3n) is 1.81. The van der Waals surface area contributed by atoms with Crippen molar-refractivity contribution in [3.8, 4) is 0 Å². The number of hydrogen-bond donors (Lipinski definition) is 2. The second kappa shape index (κ2) is 4.39. The van der Waals surface area contributed by atoms with Gasteiger partial charge in [0, 0.05) is 6.54 Å². The van der Waals surface area contributed by atoms with Gasteiger partial charge in [-0.1, -0.05) is 5.21 Å². The van der Waals surface area contributed by atoms with Gasteiger partial charge in [-0.05, 0) is 20.8 Å². The molecule has 0 atom stereocenters. The van der Waals surface area contributed by atoms with Crippen molar-refractivity contribution < 1.29 is 9.90 Å². The van der Waals surface area contributed by atoms with Crippen LogP contribution in [-0.4, -0.2) is 32.6 Å². The van der Waals surface area contributed by atoms with Gasteiger partial charge in [-0.2, -0.15) is 0 Å². The van der Waals surface area contributed by atoms with Crippen LogP contribution in [0.25, 0.3) is 0 Å². The molecule has 0 radical (unpaired) electrons. The van der Waals surface area contributed by atoms with Crippen LogP contribution in [0.5, 0.6) is 0 Å². The third-order valence-corrected chi connectivity index (χ3v) is 1.81. The second-order valence-corrected chi connectivity index (χ2v) is 4.32. The maximum absolute atomic E-state index is 10.3. The molecular formula is C9H16N4O2. The zero-order valence-corrected chi connectivity index (χ0v) is 9.19. The normalized spacial score (nSPS) is 11.7. The van der Waals surface area contributed by atoms with E-state index in [2.05, 4.69) is 15.6 Å². The molecule has 0 spiro atoms. The summed E-state index contributed by atoms with van der Waals surface area (Å²) >= 11 is 0. The summed E-state index contributed by atoms with van der Waals surface area (Å²) in [5.41, 5.74) is 0.643. The molecule has 2 N–H and O–H groups in total. The van der Waals surface area contributed by atoms with Crippen LogP contribution >= 0.6 is 0 Å². The maximum atomic E-state index is 10.3. The average molecular weight is 212 g/mol. The van der Waals surface area contributed by atoms with Gasteiger partial charge in [0.15, 0.2) is 0 Å². The van der Waals surface area contributed by atoms with Crippen molar-refractivity contribution in [1.82, 2.24) is 20.3 Å². The first-order chi connectivity index (χ1) is 6.89. The highest BCUT2D eigenvalue weighted by molar-refractivity contribution is 5.68. The topological polar surface area (TPSA) is 80.0 Å². The number of nitrogens with zero attached hydrogens (tertiary/aromatic N) is 3. The molecule has 1 aromatic rings. The van der Waals surface area contributed by atoms with E-state index < -0.39 is 5.97 Å². The number of hydrogen-bond acceptors (Lipinski definition) is 4. The minimum absolute atomic E-state index is 0.0671. The van der Waals surface area contributed by atoms with Gasteiger partial charge in [0.2, 0.25) is 0 Å². The zero-order chi connectivity index (χ0) is 11.5. The van der Waals surface area contributed by atoms with Gasteiger partial charge in [-0.3, -0.25) is 4.79 Å². The van der Waals surface area contributed by atoms with Crippen LogP contribution < -0.4 is 5.32 Å². The van der Waals surface area contributed by atoms with E-state index >= 15 is 0 Å². The summed E-state index contributed by atoms with van der Waals surface area (Å²) in [6, 6.07) is 0. The molecule has 0 unspecified atom stereocenters. The van der Waals surface area contributed by atoms with E-state index in [4.69, 9.17) is 5.11 Å². The van der Waals surface area contributed by atoms with Gasteiger partial charge in [-0.25, -0.2) is 4.68 Å². The first-order valence-corrected chi connectivity index (χ1v) is 4.74. The third kappa shape index (κ3) is 3.67. The molecule has 0 aliphatic rings. The number of rotatable bonds is 4. The van der Waals surface area contributed by atoms with Gasteiger partial charge >= 0.3 is 5.97 Å². The zero-order valence-electron chi connectivity index (χ0n) is 9.19. The fraction of sp³-hybridized carbons (Fsp3) is 0.667. The van der Waals surface area contributed by atoms with E-state index in [9.17, 15) is 4.79 Å². The predicted octanol–water partition coefficient (Wildman–Crippen LogP) is 0.207. The Kier molecular flexibility index (Phi) is 3.41. The minimum atomic E-state index is -0.877. The Bertz CT molecular complexity index is 340. The summed E-state index contributed by atoms with van der Waals surface area (Å²) in [5, 5.41) is 19.1. The maximum Gasteiger partial charge on any atom is 0.317 e. The lowest BCUT2D eigenvalue weighted by molar-refractivity contribution is -0.135. The van der Waals surface area contributed by atoms with Crippen LogP contribution in [0.3, 0.4) is 0 Å². The van der Waals surface area contributed by atoms with Gasteiger partial charge in [0.05, 0.1) is 24.0 Å². The van der Waals surface area contributed by atoms with Crippen molar-refractivity contribution in [3.63, 3.8) is 0 Å². The van der Waals surface area contributed by atoms with E-state index in [1.54, 1.807) is 4.68 Å². The molecule has 0 saturated carbocycles. The Morgan fingerprint density at radius 3 is 2.73 bits per heavy atom. The molecule has 0 amide bonds. The molecule has 84 valence electrons. The van der Waals surface area contributed by atoms with Crippen molar-refractivity contribution in [2.45, 2.75) is 32.9 Å². The van der Waals surface area contributed by atoms with Crippen molar-refractivity contribution >= 4 is 5.97 Å². The van der Waals surface area contributed by atoms with E-state index in [0.29, 0.717) is 6.54 Å². The quantitative estimate of drug-likeness (QED) is 0.745. The lowest BCUT2D eigenvalue weighted by atomic mass is 10.1. The Morgan fingerprint density at radius 1 is 1.60 bits per heavy atom. The van der Waals surface area contributed by atoms with E-state index in [-0.39, 0.29) is 12.1 Å². The molecule has 0 bridgehead atoms. The average Bonchev–Trinajstić information content (AvgIpc) is 2.51. The van der Waals surface area contributed by atoms with Crippen LogP contribution in [-0.2, 0) is 16.9 Å². The van der Waals surface area contributed by atoms with Crippen molar-refractivity contribution in [3.05, 3.63) is 11.9 Å². The molecule has 1 heterocycles. The molecule has 1 rings (SSSR count). The fourth-order valence-corrected chi connectivity index (χ4v) is 1.00. The van der Waals surface area contributed by atoms with Gasteiger partial charge < -0.3 is 10.4 Å². The summed E-state index contributed by atoms with van der Waals surface area (Å²) in [5.74, 6) is -0.877. The van der Waals surface area contributed by atoms with Crippen molar-refractivity contribution in [1.29, 1.82) is 0 Å². The van der Waals surface area contributed by atoms with Crippen LogP contribution in [0.1, 0.15) is 26.5 Å². The molecular weight excluding hydrogens is 196 g/mol. The van der Waals surface area contributed by atoms with Crippen molar-refractivity contribution in [2.75, 3.05) is 6.54 Å². The standard InChI is InChI=1S/C9H16N4O2/c1-9(2,3)13-6-7(11-12-13)4-10-5-8(14)15/h6,10H,4-5H2,1-3H3,(H,14,15). The summed E-state index contributed by atoms with van der Waals surface area (Å²) in [6.45, 7) is 6.42. The predicted molar refractivity (Wildman–Crippen MR) is 54.4 cm³/mol. The highest BCUT2D eigenvalue weighted by atomic mass is 16.4. The minimum Gasteiger partial charge on any atom is -0.480 e. The van der Waals surface area contributed by atoms with Crippen LogP contribution in [0.15, 0.2) is 6.20 Å². The fourth-order valence-electron chi connectivity index (χ4n) is 1.00. The number of nitrogens with one attached hydrogen (secondary N) is 1. The van der Waals surface area contributed by atoms with Gasteiger partial charge in [0.1, 0.15) is 0 Å². The molecule has 0 aliphatic heterocycles. The molecule has 1 aromatic heterocycles. The highest BCUT2D eigenvalue weighted by Crippen LogP contribution is 2.11. The lowest BCUT2D eigenvalue weighted by Gasteiger charge is -2.17. The summed E-state index contributed by atoms with van der Waals surface area (Å²) in [7, 11) is 0. The highest BCUT2D eigenvalue weighted by Gasteiger charge is 2.14. The molecule has 0 saturated heterocycles. The summed E-state index contributed by atoms with van der Waals surface area (Å²) in [6.07, 6.45) is 1.81. The van der Waals surface area contributed by atoms with Crippen LogP contribution in [0, 0.1) is 0 Å². The largest absolute Gasteiger partial charge is 0.480 e. The summed E-state index contributed by atoms with van der Waals surface area (Å²) in [4.78, 5) is 10.3. The molecule has 6 nitrogen and oxygen atoms in total. The van der Waals surface area contributed by atoms with Crippen molar-refractivity contribution in [2.24, 2.45) is 0 Å². The van der Waals surface area contributed by atoms with Gasteiger partial charge in [0.25, 0.3) is 0 Å². The van der Waals surface area contributed by atoms with Crippen LogP contribution in [0.2, 0.25) is 0 Å². The SMILES string of the molecule is CC(C)(C)n1cc(CNCC(=O)O)nn1. The first kappa shape index (κ1) is 11.6. The smallest absolute Gasteiger partial charge is 0.317 e. The Labute approximate surface area is 88.3 Å². The van der Waals surface area contributed by atoms with Crippen LogP contribution in [0.4, 0.5) is 0 Å². The Balaban J connectivity index is 2.50. The second-order valence-electron chi connectivity index (χ2n) is 4.32. The van der Waals surface area contributed by atoms with E-state index in [1.807, 2.05) is 27.0 Å². The van der Waals surface area contributed by atoms with E-state index in [1.165, 1.54) is 0 Å².